The number of anilines is 1. The van der Waals surface area contributed by atoms with E-state index in [-0.39, 0.29) is 17.4 Å². The highest BCUT2D eigenvalue weighted by Gasteiger charge is 2.18. The van der Waals surface area contributed by atoms with Crippen LogP contribution >= 0.6 is 23.4 Å². The summed E-state index contributed by atoms with van der Waals surface area (Å²) in [5.74, 6) is 6.13. The molecular weight excluding hydrogens is 458 g/mol. The van der Waals surface area contributed by atoms with Crippen molar-refractivity contribution < 1.29 is 9.59 Å². The molecule has 0 atom stereocenters. The van der Waals surface area contributed by atoms with Crippen molar-refractivity contribution in [2.45, 2.75) is 12.1 Å². The molecular formula is C24H20ClN5O2S. The first-order chi connectivity index (χ1) is 15.9. The van der Waals surface area contributed by atoms with Gasteiger partial charge in [-0.2, -0.15) is 0 Å². The molecule has 3 aromatic carbocycles. The summed E-state index contributed by atoms with van der Waals surface area (Å²) in [5.41, 5.74) is 3.16. The summed E-state index contributed by atoms with van der Waals surface area (Å²) in [7, 11) is 0. The van der Waals surface area contributed by atoms with Gasteiger partial charge in [0, 0.05) is 21.7 Å². The van der Waals surface area contributed by atoms with Crippen LogP contribution in [0.4, 0.5) is 5.69 Å². The SMILES string of the molecule is Cc1ccc(-c2nnc(SCC(=O)Nc3ccc(Cl)cc3C(=O)c3ccccc3)n2N)cc1. The fraction of sp³-hybridized carbons (Fsp3) is 0.0833. The highest BCUT2D eigenvalue weighted by molar-refractivity contribution is 7.99. The Bertz CT molecular complexity index is 1310. The molecule has 33 heavy (non-hydrogen) atoms. The van der Waals surface area contributed by atoms with Gasteiger partial charge >= 0.3 is 0 Å². The standard InChI is InChI=1S/C24H20ClN5O2S/c1-15-7-9-17(10-8-15)23-28-29-24(30(23)26)33-14-21(31)27-20-12-11-18(25)13-19(20)22(32)16-5-3-2-4-6-16/h2-13H,14,26H2,1H3,(H,27,31). The number of aryl methyl sites for hydroxylation is 1. The van der Waals surface area contributed by atoms with E-state index in [9.17, 15) is 9.59 Å². The zero-order valence-electron chi connectivity index (χ0n) is 17.7. The van der Waals surface area contributed by atoms with Gasteiger partial charge in [0.1, 0.15) is 0 Å². The number of nitrogens with two attached hydrogens (primary N) is 1. The van der Waals surface area contributed by atoms with E-state index in [2.05, 4.69) is 15.5 Å². The molecule has 0 fully saturated rings. The van der Waals surface area contributed by atoms with Crippen LogP contribution in [0.5, 0.6) is 0 Å². The summed E-state index contributed by atoms with van der Waals surface area (Å²) in [6.45, 7) is 2.00. The summed E-state index contributed by atoms with van der Waals surface area (Å²) in [6, 6.07) is 21.3. The maximum absolute atomic E-state index is 12.9. The third-order valence-corrected chi connectivity index (χ3v) is 6.02. The second kappa shape index (κ2) is 9.89. The van der Waals surface area contributed by atoms with E-state index in [0.29, 0.717) is 32.8 Å². The lowest BCUT2D eigenvalue weighted by Gasteiger charge is -2.11. The molecule has 4 rings (SSSR count). The van der Waals surface area contributed by atoms with E-state index in [1.165, 1.54) is 4.68 Å². The second-order valence-electron chi connectivity index (χ2n) is 7.26. The number of carbonyl (C=O) groups is 2. The largest absolute Gasteiger partial charge is 0.335 e. The fourth-order valence-electron chi connectivity index (χ4n) is 3.15. The predicted molar refractivity (Wildman–Crippen MR) is 131 cm³/mol. The van der Waals surface area contributed by atoms with E-state index in [1.807, 2.05) is 37.3 Å². The van der Waals surface area contributed by atoms with Crippen molar-refractivity contribution >= 4 is 40.7 Å². The van der Waals surface area contributed by atoms with Gasteiger partial charge in [-0.15, -0.1) is 10.2 Å². The molecule has 0 saturated carbocycles. The average molecular weight is 478 g/mol. The number of nitrogens with zero attached hydrogens (tertiary/aromatic N) is 3. The number of hydrogen-bond acceptors (Lipinski definition) is 6. The van der Waals surface area contributed by atoms with Gasteiger partial charge in [0.25, 0.3) is 0 Å². The maximum atomic E-state index is 12.9. The van der Waals surface area contributed by atoms with Crippen molar-refractivity contribution in [1.82, 2.24) is 14.9 Å². The molecule has 0 radical (unpaired) electrons. The third-order valence-electron chi connectivity index (χ3n) is 4.84. The first-order valence-electron chi connectivity index (χ1n) is 10.0. The summed E-state index contributed by atoms with van der Waals surface area (Å²) in [6.07, 6.45) is 0. The van der Waals surface area contributed by atoms with Gasteiger partial charge in [0.2, 0.25) is 11.1 Å². The van der Waals surface area contributed by atoms with Crippen molar-refractivity contribution in [1.29, 1.82) is 0 Å². The van der Waals surface area contributed by atoms with Crippen molar-refractivity contribution in [3.8, 4) is 11.4 Å². The fourth-order valence-corrected chi connectivity index (χ4v) is 3.98. The minimum Gasteiger partial charge on any atom is -0.335 e. The first kappa shape index (κ1) is 22.6. The third kappa shape index (κ3) is 5.24. The van der Waals surface area contributed by atoms with Crippen LogP contribution in [0.2, 0.25) is 5.02 Å². The minimum absolute atomic E-state index is 0.0326. The number of carbonyl (C=O) groups excluding carboxylic acids is 2. The lowest BCUT2D eigenvalue weighted by molar-refractivity contribution is -0.113. The number of halogens is 1. The van der Waals surface area contributed by atoms with Crippen molar-refractivity contribution in [3.63, 3.8) is 0 Å². The molecule has 4 aromatic rings. The average Bonchev–Trinajstić information content (AvgIpc) is 3.19. The van der Waals surface area contributed by atoms with Crippen LogP contribution in [0.15, 0.2) is 78.0 Å². The number of nitrogens with one attached hydrogen (secondary N) is 1. The quantitative estimate of drug-likeness (QED) is 0.229. The lowest BCUT2D eigenvalue weighted by atomic mass is 10.0. The van der Waals surface area contributed by atoms with Crippen molar-refractivity contribution in [3.05, 3.63) is 94.5 Å². The van der Waals surface area contributed by atoms with Crippen LogP contribution in [-0.2, 0) is 4.79 Å². The number of amides is 1. The Balaban J connectivity index is 1.46. The van der Waals surface area contributed by atoms with Gasteiger partial charge in [-0.25, -0.2) is 4.68 Å². The molecule has 0 unspecified atom stereocenters. The Labute approximate surface area is 199 Å². The normalized spacial score (nSPS) is 10.7. The Morgan fingerprint density at radius 3 is 2.48 bits per heavy atom. The zero-order valence-corrected chi connectivity index (χ0v) is 19.2. The van der Waals surface area contributed by atoms with Gasteiger partial charge in [-0.1, -0.05) is 83.5 Å². The molecule has 0 aliphatic carbocycles. The first-order valence-corrected chi connectivity index (χ1v) is 11.4. The van der Waals surface area contributed by atoms with Crippen LogP contribution < -0.4 is 11.2 Å². The van der Waals surface area contributed by atoms with E-state index in [1.54, 1.807) is 42.5 Å². The van der Waals surface area contributed by atoms with Crippen LogP contribution in [0.3, 0.4) is 0 Å². The smallest absolute Gasteiger partial charge is 0.234 e. The number of hydrogen-bond donors (Lipinski definition) is 2. The highest BCUT2D eigenvalue weighted by Crippen LogP contribution is 2.25. The van der Waals surface area contributed by atoms with Gasteiger partial charge in [0.15, 0.2) is 11.6 Å². The second-order valence-corrected chi connectivity index (χ2v) is 8.64. The van der Waals surface area contributed by atoms with E-state index < -0.39 is 0 Å². The Hall–Kier alpha value is -3.62. The van der Waals surface area contributed by atoms with Gasteiger partial charge in [-0.3, -0.25) is 9.59 Å². The van der Waals surface area contributed by atoms with E-state index in [0.717, 1.165) is 22.9 Å². The molecule has 0 aliphatic rings. The number of aromatic nitrogens is 3. The number of thioether (sulfide) groups is 1. The zero-order chi connectivity index (χ0) is 23.4. The Morgan fingerprint density at radius 2 is 1.76 bits per heavy atom. The summed E-state index contributed by atoms with van der Waals surface area (Å²) >= 11 is 7.25. The molecule has 1 heterocycles. The van der Waals surface area contributed by atoms with Crippen LogP contribution in [0.1, 0.15) is 21.5 Å². The Morgan fingerprint density at radius 1 is 1.03 bits per heavy atom. The summed E-state index contributed by atoms with van der Waals surface area (Å²) in [5, 5.41) is 11.8. The van der Waals surface area contributed by atoms with Gasteiger partial charge < -0.3 is 11.2 Å². The van der Waals surface area contributed by atoms with Crippen molar-refractivity contribution in [2.24, 2.45) is 0 Å². The number of nitrogen functional groups attached to an aromatic ring is 1. The molecule has 1 aromatic heterocycles. The molecule has 9 heteroatoms. The summed E-state index contributed by atoms with van der Waals surface area (Å²) in [4.78, 5) is 25.6. The maximum Gasteiger partial charge on any atom is 0.234 e. The number of ketones is 1. The van der Waals surface area contributed by atoms with E-state index in [4.69, 9.17) is 17.4 Å². The molecule has 3 N–H and O–H groups in total. The molecule has 1 amide bonds. The molecule has 0 spiro atoms. The molecule has 0 aliphatic heterocycles. The predicted octanol–water partition coefficient (Wildman–Crippen LogP) is 4.58. The molecule has 166 valence electrons. The summed E-state index contributed by atoms with van der Waals surface area (Å²) < 4.78 is 1.36. The lowest BCUT2D eigenvalue weighted by Crippen LogP contribution is -2.18. The van der Waals surface area contributed by atoms with Crippen LogP contribution in [-0.4, -0.2) is 32.3 Å². The minimum atomic E-state index is -0.315. The number of rotatable bonds is 7. The van der Waals surface area contributed by atoms with Crippen molar-refractivity contribution in [2.75, 3.05) is 16.9 Å². The molecule has 7 nitrogen and oxygen atoms in total. The van der Waals surface area contributed by atoms with Gasteiger partial charge in [0.05, 0.1) is 11.4 Å². The monoisotopic (exact) mass is 477 g/mol. The highest BCUT2D eigenvalue weighted by atomic mass is 35.5. The van der Waals surface area contributed by atoms with Crippen LogP contribution in [0.25, 0.3) is 11.4 Å². The molecule has 0 saturated heterocycles. The number of benzene rings is 3. The van der Waals surface area contributed by atoms with Crippen LogP contribution in [0, 0.1) is 6.92 Å². The topological polar surface area (TPSA) is 103 Å². The van der Waals surface area contributed by atoms with Gasteiger partial charge in [-0.05, 0) is 25.1 Å². The molecule has 0 bridgehead atoms. The Kier molecular flexibility index (Phi) is 6.76. The van der Waals surface area contributed by atoms with E-state index >= 15 is 0 Å².